The number of carbonyl (C=O) groups is 1. The Kier molecular flexibility index (Phi) is 6.84. The molecule has 2 unspecified atom stereocenters. The average Bonchev–Trinajstić information content (AvgIpc) is 3.51. The molecule has 2 aliphatic carbocycles. The molecule has 1 aromatic carbocycles. The van der Waals surface area contributed by atoms with Crippen LogP contribution >= 0.6 is 11.6 Å². The summed E-state index contributed by atoms with van der Waals surface area (Å²) in [6.45, 7) is 0.196. The van der Waals surface area contributed by atoms with Crippen molar-refractivity contribution >= 4 is 29.0 Å². The molecular weight excluding hydrogens is 509 g/mol. The zero-order valence-corrected chi connectivity index (χ0v) is 20.7. The molecular formula is C25H26ClF3N6O2. The smallest absolute Gasteiger partial charge is 0.280 e. The van der Waals surface area contributed by atoms with Gasteiger partial charge in [-0.3, -0.25) is 4.79 Å². The first-order valence-corrected chi connectivity index (χ1v) is 12.3. The zero-order valence-electron chi connectivity index (χ0n) is 20.0. The van der Waals surface area contributed by atoms with E-state index in [1.54, 1.807) is 17.9 Å². The summed E-state index contributed by atoms with van der Waals surface area (Å²) in [4.78, 5) is 25.1. The molecule has 0 saturated heterocycles. The van der Waals surface area contributed by atoms with Gasteiger partial charge in [-0.25, -0.2) is 28.1 Å². The quantitative estimate of drug-likeness (QED) is 0.396. The number of aliphatic hydroxyl groups is 1. The molecule has 2 saturated carbocycles. The summed E-state index contributed by atoms with van der Waals surface area (Å²) in [5.41, 5.74) is 0.162. The van der Waals surface area contributed by atoms with Gasteiger partial charge in [-0.1, -0.05) is 11.6 Å². The summed E-state index contributed by atoms with van der Waals surface area (Å²) >= 11 is 5.84. The van der Waals surface area contributed by atoms with E-state index in [9.17, 15) is 23.1 Å². The number of rotatable bonds is 7. The first-order chi connectivity index (χ1) is 17.6. The first-order valence-electron chi connectivity index (χ1n) is 12.0. The molecule has 8 nitrogen and oxygen atoms in total. The van der Waals surface area contributed by atoms with Crippen molar-refractivity contribution in [2.75, 3.05) is 17.2 Å². The van der Waals surface area contributed by atoms with E-state index in [1.807, 2.05) is 0 Å². The minimum Gasteiger partial charge on any atom is -0.388 e. The lowest BCUT2D eigenvalue weighted by Crippen LogP contribution is -2.35. The standard InChI is InChI=1S/C25H26ClF3N6O2/c1-35-12-33-21(22(35)24(36)34-16-2-3-18(27)17(26)6-16)13-4-14-8-25(37,9-15(14)5-13)10-30-20-7-19(23(28)29)31-11-32-20/h2-3,6-7,11-15,23,37H,4-5,8-10H2,1H3,(H,34,36)(H,30,31,32). The maximum atomic E-state index is 13.5. The maximum Gasteiger partial charge on any atom is 0.280 e. The molecule has 2 aliphatic rings. The lowest BCUT2D eigenvalue weighted by atomic mass is 9.92. The van der Waals surface area contributed by atoms with Crippen molar-refractivity contribution in [3.05, 3.63) is 64.8 Å². The van der Waals surface area contributed by atoms with Gasteiger partial charge in [0.25, 0.3) is 12.3 Å². The van der Waals surface area contributed by atoms with Gasteiger partial charge in [0.1, 0.15) is 29.4 Å². The number of benzene rings is 1. The Morgan fingerprint density at radius 2 is 1.95 bits per heavy atom. The highest BCUT2D eigenvalue weighted by molar-refractivity contribution is 6.31. The Balaban J connectivity index is 1.23. The summed E-state index contributed by atoms with van der Waals surface area (Å²) in [6, 6.07) is 5.18. The highest BCUT2D eigenvalue weighted by Crippen LogP contribution is 2.54. The van der Waals surface area contributed by atoms with Crippen LogP contribution in [0.25, 0.3) is 0 Å². The number of halogens is 4. The predicted octanol–water partition coefficient (Wildman–Crippen LogP) is 4.94. The number of aromatic nitrogens is 4. The Morgan fingerprint density at radius 1 is 1.22 bits per heavy atom. The van der Waals surface area contributed by atoms with Crippen LogP contribution in [0.1, 0.15) is 59.9 Å². The SMILES string of the molecule is Cn1cnc(C2CC3CC(O)(CNc4cc(C(F)F)ncn4)CC3C2)c1C(=O)Nc1ccc(F)c(Cl)c1. The van der Waals surface area contributed by atoms with Crippen molar-refractivity contribution in [3.8, 4) is 0 Å². The molecule has 37 heavy (non-hydrogen) atoms. The topological polar surface area (TPSA) is 105 Å². The summed E-state index contributed by atoms with van der Waals surface area (Å²) < 4.78 is 40.9. The van der Waals surface area contributed by atoms with E-state index in [0.717, 1.165) is 19.2 Å². The second-order valence-electron chi connectivity index (χ2n) is 9.98. The number of carbonyl (C=O) groups excluding carboxylic acids is 1. The van der Waals surface area contributed by atoms with E-state index in [0.29, 0.717) is 29.9 Å². The normalized spacial score (nSPS) is 24.9. The molecule has 2 fully saturated rings. The predicted molar refractivity (Wildman–Crippen MR) is 131 cm³/mol. The Labute approximate surface area is 216 Å². The fourth-order valence-corrected chi connectivity index (χ4v) is 5.95. The first kappa shape index (κ1) is 25.5. The van der Waals surface area contributed by atoms with Crippen LogP contribution in [0.3, 0.4) is 0 Å². The molecule has 0 spiro atoms. The second-order valence-corrected chi connectivity index (χ2v) is 10.4. The largest absolute Gasteiger partial charge is 0.388 e. The number of fused-ring (bicyclic) bond motifs is 1. The monoisotopic (exact) mass is 534 g/mol. The third kappa shape index (κ3) is 5.28. The van der Waals surface area contributed by atoms with Crippen LogP contribution in [0, 0.1) is 17.7 Å². The van der Waals surface area contributed by atoms with Crippen LogP contribution in [0.2, 0.25) is 5.02 Å². The number of aryl methyl sites for hydroxylation is 1. The summed E-state index contributed by atoms with van der Waals surface area (Å²) in [7, 11) is 1.75. The third-order valence-electron chi connectivity index (χ3n) is 7.38. The number of hydrogen-bond donors (Lipinski definition) is 3. The van der Waals surface area contributed by atoms with Crippen molar-refractivity contribution < 1.29 is 23.1 Å². The van der Waals surface area contributed by atoms with E-state index < -0.39 is 17.8 Å². The summed E-state index contributed by atoms with van der Waals surface area (Å²) in [5, 5.41) is 16.8. The highest BCUT2D eigenvalue weighted by atomic mass is 35.5. The second kappa shape index (κ2) is 9.94. The van der Waals surface area contributed by atoms with Gasteiger partial charge < -0.3 is 20.3 Å². The van der Waals surface area contributed by atoms with Crippen molar-refractivity contribution in [2.45, 2.75) is 43.6 Å². The van der Waals surface area contributed by atoms with Gasteiger partial charge in [-0.15, -0.1) is 0 Å². The fraction of sp³-hybridized carbons (Fsp3) is 0.440. The molecule has 5 rings (SSSR count). The maximum absolute atomic E-state index is 13.5. The van der Waals surface area contributed by atoms with Crippen molar-refractivity contribution in [3.63, 3.8) is 0 Å². The number of imidazole rings is 1. The Morgan fingerprint density at radius 3 is 2.62 bits per heavy atom. The highest BCUT2D eigenvalue weighted by Gasteiger charge is 2.49. The van der Waals surface area contributed by atoms with Gasteiger partial charge in [0.15, 0.2) is 0 Å². The van der Waals surface area contributed by atoms with Gasteiger partial charge >= 0.3 is 0 Å². The number of nitrogens with zero attached hydrogens (tertiary/aromatic N) is 4. The van der Waals surface area contributed by atoms with Crippen LogP contribution in [0.5, 0.6) is 0 Å². The number of anilines is 2. The van der Waals surface area contributed by atoms with Crippen molar-refractivity contribution in [1.82, 2.24) is 19.5 Å². The number of amides is 1. The van der Waals surface area contributed by atoms with Gasteiger partial charge in [0, 0.05) is 31.3 Å². The molecule has 2 aromatic heterocycles. The average molecular weight is 535 g/mol. The number of nitrogens with one attached hydrogen (secondary N) is 2. The third-order valence-corrected chi connectivity index (χ3v) is 7.67. The van der Waals surface area contributed by atoms with Gasteiger partial charge in [0.05, 0.1) is 22.6 Å². The minimum atomic E-state index is -2.69. The molecule has 196 valence electrons. The van der Waals surface area contributed by atoms with Crippen LogP contribution in [-0.4, -0.2) is 42.7 Å². The van der Waals surface area contributed by atoms with Crippen molar-refractivity contribution in [2.24, 2.45) is 18.9 Å². The zero-order chi connectivity index (χ0) is 26.3. The van der Waals surface area contributed by atoms with E-state index >= 15 is 0 Å². The molecule has 0 radical (unpaired) electrons. The Hall–Kier alpha value is -3.18. The molecule has 0 aliphatic heterocycles. The van der Waals surface area contributed by atoms with Gasteiger partial charge in [0.2, 0.25) is 0 Å². The molecule has 2 atom stereocenters. The van der Waals surface area contributed by atoms with Crippen LogP contribution in [0.15, 0.2) is 36.9 Å². The van der Waals surface area contributed by atoms with E-state index in [4.69, 9.17) is 11.6 Å². The number of hydrogen-bond acceptors (Lipinski definition) is 6. The molecule has 2 heterocycles. The van der Waals surface area contributed by atoms with E-state index in [1.165, 1.54) is 24.3 Å². The van der Waals surface area contributed by atoms with Gasteiger partial charge in [-0.05, 0) is 55.7 Å². The summed E-state index contributed by atoms with van der Waals surface area (Å²) in [6.07, 6.45) is 2.64. The van der Waals surface area contributed by atoms with Crippen molar-refractivity contribution in [1.29, 1.82) is 0 Å². The molecule has 0 bridgehead atoms. The minimum absolute atomic E-state index is 0.0572. The molecule has 3 N–H and O–H groups in total. The number of alkyl halides is 2. The van der Waals surface area contributed by atoms with Crippen LogP contribution < -0.4 is 10.6 Å². The summed E-state index contributed by atoms with van der Waals surface area (Å²) in [5.74, 6) is -0.130. The lowest BCUT2D eigenvalue weighted by molar-refractivity contribution is 0.0514. The van der Waals surface area contributed by atoms with E-state index in [-0.39, 0.29) is 46.7 Å². The lowest BCUT2D eigenvalue weighted by Gasteiger charge is -2.25. The van der Waals surface area contributed by atoms with Crippen LogP contribution in [0.4, 0.5) is 24.7 Å². The Bertz CT molecular complexity index is 1310. The molecule has 1 amide bonds. The van der Waals surface area contributed by atoms with E-state index in [2.05, 4.69) is 25.6 Å². The van der Waals surface area contributed by atoms with Crippen LogP contribution in [-0.2, 0) is 7.05 Å². The molecule has 12 heteroatoms. The van der Waals surface area contributed by atoms with Gasteiger partial charge in [-0.2, -0.15) is 0 Å². The fourth-order valence-electron chi connectivity index (χ4n) is 5.77. The molecule has 3 aromatic rings.